The maximum absolute atomic E-state index is 14.2. The standard InChI is InChI=1S/C38H61N5O5/c1-25(2)32(41(9)37(48)33(38(6,7)8)40-35(46)30-18-13-14-20-42(30)26(3)4)22-27(5)36(47)43-21-15-19-31(43)34(45)39-29(24-44)23-28-16-11-10-12-17-28/h10-12,16-17,22,25-26,29-33,44H,13-15,18-21,23-24H2,1-9H3,(H,39,45)(H,40,46)/b27-22+/t29-,30+,31-,32+,33+/m0/s1. The van der Waals surface area contributed by atoms with E-state index in [1.165, 1.54) is 0 Å². The summed E-state index contributed by atoms with van der Waals surface area (Å²) in [6, 6.07) is 7.39. The van der Waals surface area contributed by atoms with E-state index in [-0.39, 0.29) is 48.2 Å². The van der Waals surface area contributed by atoms with Crippen molar-refractivity contribution in [2.45, 2.75) is 130 Å². The number of hydrogen-bond donors (Lipinski definition) is 3. The van der Waals surface area contributed by atoms with Crippen molar-refractivity contribution in [2.24, 2.45) is 11.3 Å². The molecule has 5 atom stereocenters. The minimum Gasteiger partial charge on any atom is -0.394 e. The summed E-state index contributed by atoms with van der Waals surface area (Å²) in [6.07, 6.45) is 6.38. The SMILES string of the molecule is C/C(=C\[C@H](C(C)C)N(C)C(=O)[C@@H](NC(=O)[C@H]1CCCCN1C(C)C)C(C)(C)C)C(=O)N1CCC[C@H]1C(=O)N[C@H](CO)Cc1ccccc1. The highest BCUT2D eigenvalue weighted by Gasteiger charge is 2.40. The van der Waals surface area contributed by atoms with Crippen molar-refractivity contribution in [2.75, 3.05) is 26.7 Å². The van der Waals surface area contributed by atoms with E-state index in [0.29, 0.717) is 31.4 Å². The Morgan fingerprint density at radius 2 is 1.56 bits per heavy atom. The van der Waals surface area contributed by atoms with Gasteiger partial charge in [-0.3, -0.25) is 24.1 Å². The summed E-state index contributed by atoms with van der Waals surface area (Å²) in [5.74, 6) is -0.846. The lowest BCUT2D eigenvalue weighted by Crippen LogP contribution is -2.60. The van der Waals surface area contributed by atoms with Crippen molar-refractivity contribution in [1.82, 2.24) is 25.3 Å². The number of benzene rings is 1. The number of carbonyl (C=O) groups excluding carboxylic acids is 4. The van der Waals surface area contributed by atoms with Gasteiger partial charge in [-0.1, -0.05) is 77.4 Å². The zero-order chi connectivity index (χ0) is 35.8. The molecule has 2 fully saturated rings. The number of nitrogens with zero attached hydrogens (tertiary/aromatic N) is 3. The van der Waals surface area contributed by atoms with Crippen LogP contribution in [0.25, 0.3) is 0 Å². The third-order valence-corrected chi connectivity index (χ3v) is 9.85. The minimum absolute atomic E-state index is 0.0197. The van der Waals surface area contributed by atoms with Gasteiger partial charge in [-0.2, -0.15) is 0 Å². The molecule has 0 unspecified atom stereocenters. The van der Waals surface area contributed by atoms with Crippen molar-refractivity contribution < 1.29 is 24.3 Å². The molecule has 4 amide bonds. The van der Waals surface area contributed by atoms with Gasteiger partial charge < -0.3 is 25.5 Å². The van der Waals surface area contributed by atoms with E-state index in [0.717, 1.165) is 31.4 Å². The number of hydrogen-bond acceptors (Lipinski definition) is 6. The first kappa shape index (κ1) is 39.2. The molecule has 48 heavy (non-hydrogen) atoms. The molecule has 2 saturated heterocycles. The molecule has 1 aromatic rings. The van der Waals surface area contributed by atoms with Crippen LogP contribution in [-0.4, -0.2) is 106 Å². The van der Waals surface area contributed by atoms with E-state index in [2.05, 4.69) is 29.4 Å². The molecule has 0 aromatic heterocycles. The lowest BCUT2D eigenvalue weighted by atomic mass is 9.84. The smallest absolute Gasteiger partial charge is 0.249 e. The average molecular weight is 668 g/mol. The van der Waals surface area contributed by atoms with Crippen LogP contribution in [0.5, 0.6) is 0 Å². The van der Waals surface area contributed by atoms with E-state index in [1.54, 1.807) is 23.8 Å². The lowest BCUT2D eigenvalue weighted by molar-refractivity contribution is -0.142. The number of rotatable bonds is 13. The quantitative estimate of drug-likeness (QED) is 0.274. The second-order valence-electron chi connectivity index (χ2n) is 15.4. The van der Waals surface area contributed by atoms with Crippen LogP contribution in [0.4, 0.5) is 0 Å². The molecule has 0 spiro atoms. The van der Waals surface area contributed by atoms with Crippen LogP contribution in [0.15, 0.2) is 42.0 Å². The fourth-order valence-corrected chi connectivity index (χ4v) is 7.04. The highest BCUT2D eigenvalue weighted by atomic mass is 16.3. The zero-order valence-electron chi connectivity index (χ0n) is 30.8. The largest absolute Gasteiger partial charge is 0.394 e. The van der Waals surface area contributed by atoms with E-state index < -0.39 is 29.6 Å². The van der Waals surface area contributed by atoms with Gasteiger partial charge in [0.25, 0.3) is 0 Å². The van der Waals surface area contributed by atoms with Gasteiger partial charge in [-0.15, -0.1) is 0 Å². The van der Waals surface area contributed by atoms with Gasteiger partial charge in [0.2, 0.25) is 23.6 Å². The van der Waals surface area contributed by atoms with Crippen molar-refractivity contribution in [1.29, 1.82) is 0 Å². The molecule has 2 aliphatic heterocycles. The highest BCUT2D eigenvalue weighted by molar-refractivity contribution is 5.97. The fraction of sp³-hybridized carbons (Fsp3) is 0.684. The van der Waals surface area contributed by atoms with Gasteiger partial charge >= 0.3 is 0 Å². The Bertz CT molecular complexity index is 1270. The average Bonchev–Trinajstić information content (AvgIpc) is 3.54. The fourth-order valence-electron chi connectivity index (χ4n) is 7.04. The van der Waals surface area contributed by atoms with E-state index >= 15 is 0 Å². The van der Waals surface area contributed by atoms with E-state index in [1.807, 2.05) is 71.0 Å². The van der Waals surface area contributed by atoms with Crippen LogP contribution < -0.4 is 10.6 Å². The van der Waals surface area contributed by atoms with Crippen LogP contribution in [0.1, 0.15) is 93.1 Å². The summed E-state index contributed by atoms with van der Waals surface area (Å²) < 4.78 is 0. The molecular weight excluding hydrogens is 606 g/mol. The molecule has 3 N–H and O–H groups in total. The molecule has 10 heteroatoms. The normalized spacial score (nSPS) is 21.2. The van der Waals surface area contributed by atoms with Gasteiger partial charge in [0.15, 0.2) is 0 Å². The third-order valence-electron chi connectivity index (χ3n) is 9.85. The number of likely N-dealkylation sites (N-methyl/N-ethyl adjacent to an activating group) is 1. The number of likely N-dealkylation sites (tertiary alicyclic amines) is 2. The molecule has 1 aromatic carbocycles. The lowest BCUT2D eigenvalue weighted by Gasteiger charge is -2.41. The Kier molecular flexibility index (Phi) is 14.2. The van der Waals surface area contributed by atoms with Crippen LogP contribution in [0.2, 0.25) is 0 Å². The van der Waals surface area contributed by atoms with E-state index in [4.69, 9.17) is 0 Å². The Hall–Kier alpha value is -3.24. The Balaban J connectivity index is 1.75. The number of nitrogens with one attached hydrogen (secondary N) is 2. The molecule has 0 saturated carbocycles. The topological polar surface area (TPSA) is 122 Å². The van der Waals surface area contributed by atoms with Crippen LogP contribution in [-0.2, 0) is 25.6 Å². The number of aliphatic hydroxyl groups is 1. The number of aliphatic hydroxyl groups excluding tert-OH is 1. The molecular formula is C38H61N5O5. The first-order valence-corrected chi connectivity index (χ1v) is 17.8. The Morgan fingerprint density at radius 3 is 2.15 bits per heavy atom. The zero-order valence-corrected chi connectivity index (χ0v) is 30.8. The molecule has 0 bridgehead atoms. The van der Waals surface area contributed by atoms with Crippen molar-refractivity contribution in [3.63, 3.8) is 0 Å². The second kappa shape index (κ2) is 17.4. The van der Waals surface area contributed by atoms with Crippen molar-refractivity contribution >= 4 is 23.6 Å². The summed E-state index contributed by atoms with van der Waals surface area (Å²) in [7, 11) is 1.74. The maximum Gasteiger partial charge on any atom is 0.249 e. The van der Waals surface area contributed by atoms with Gasteiger partial charge in [-0.05, 0) is 76.3 Å². The minimum atomic E-state index is -0.751. The van der Waals surface area contributed by atoms with E-state index in [9.17, 15) is 24.3 Å². The first-order valence-electron chi connectivity index (χ1n) is 17.8. The molecule has 10 nitrogen and oxygen atoms in total. The summed E-state index contributed by atoms with van der Waals surface area (Å²) in [4.78, 5) is 60.5. The Morgan fingerprint density at radius 1 is 0.938 bits per heavy atom. The van der Waals surface area contributed by atoms with Crippen molar-refractivity contribution in [3.05, 3.63) is 47.5 Å². The number of amides is 4. The number of carbonyl (C=O) groups is 4. The van der Waals surface area contributed by atoms with Gasteiger partial charge in [0.1, 0.15) is 12.1 Å². The van der Waals surface area contributed by atoms with Crippen molar-refractivity contribution in [3.8, 4) is 0 Å². The van der Waals surface area contributed by atoms with Gasteiger partial charge in [0.05, 0.1) is 24.7 Å². The second-order valence-corrected chi connectivity index (χ2v) is 15.4. The third kappa shape index (κ3) is 10.1. The maximum atomic E-state index is 14.2. The van der Waals surface area contributed by atoms with Crippen LogP contribution in [0.3, 0.4) is 0 Å². The summed E-state index contributed by atoms with van der Waals surface area (Å²) >= 11 is 0. The molecule has 268 valence electrons. The summed E-state index contributed by atoms with van der Waals surface area (Å²) in [6.45, 7) is 16.9. The summed E-state index contributed by atoms with van der Waals surface area (Å²) in [5, 5.41) is 16.1. The molecule has 3 rings (SSSR count). The first-order chi connectivity index (χ1) is 22.6. The molecule has 2 heterocycles. The molecule has 0 radical (unpaired) electrons. The van der Waals surface area contributed by atoms with Crippen LogP contribution >= 0.6 is 0 Å². The van der Waals surface area contributed by atoms with Crippen LogP contribution in [0, 0.1) is 11.3 Å². The van der Waals surface area contributed by atoms with Gasteiger partial charge in [-0.25, -0.2) is 0 Å². The highest BCUT2D eigenvalue weighted by Crippen LogP contribution is 2.27. The molecule has 0 aliphatic carbocycles. The van der Waals surface area contributed by atoms with Gasteiger partial charge in [0, 0.05) is 25.2 Å². The summed E-state index contributed by atoms with van der Waals surface area (Å²) in [5.41, 5.74) is 0.924. The molecule has 2 aliphatic rings. The predicted molar refractivity (Wildman–Crippen MR) is 190 cm³/mol. The Labute approximate surface area is 288 Å². The number of piperidine rings is 1. The monoisotopic (exact) mass is 667 g/mol. The predicted octanol–water partition coefficient (Wildman–Crippen LogP) is 3.92.